The normalized spacial score (nSPS) is 12.2. The summed E-state index contributed by atoms with van der Waals surface area (Å²) < 4.78 is 26.3. The van der Waals surface area contributed by atoms with Crippen molar-refractivity contribution < 1.29 is 13.9 Å². The minimum absolute atomic E-state index is 0.0740. The van der Waals surface area contributed by atoms with Crippen molar-refractivity contribution in [1.29, 1.82) is 0 Å². The SMILES string of the molecule is COc1ccc(-c2cc(-c3nccn3CC(C)OC)ccn2)cc1F. The molecule has 2 heterocycles. The molecule has 130 valence electrons. The van der Waals surface area contributed by atoms with Crippen LogP contribution in [0.2, 0.25) is 0 Å². The van der Waals surface area contributed by atoms with Gasteiger partial charge >= 0.3 is 0 Å². The second kappa shape index (κ2) is 7.44. The highest BCUT2D eigenvalue weighted by Gasteiger charge is 2.12. The van der Waals surface area contributed by atoms with Crippen LogP contribution >= 0.6 is 0 Å². The summed E-state index contributed by atoms with van der Waals surface area (Å²) in [4.78, 5) is 8.79. The van der Waals surface area contributed by atoms with E-state index in [1.54, 1.807) is 31.6 Å². The maximum atomic E-state index is 14.0. The standard InChI is InChI=1S/C19H20FN3O2/c1-13(24-2)12-23-9-8-22-19(23)15-6-7-21-17(11-15)14-4-5-18(25-3)16(20)10-14/h4-11,13H,12H2,1-3H3. The van der Waals surface area contributed by atoms with Gasteiger partial charge in [-0.1, -0.05) is 0 Å². The van der Waals surface area contributed by atoms with Gasteiger partial charge in [0.1, 0.15) is 5.82 Å². The maximum absolute atomic E-state index is 14.0. The first-order valence-corrected chi connectivity index (χ1v) is 7.96. The number of benzene rings is 1. The Hall–Kier alpha value is -2.73. The first-order valence-electron chi connectivity index (χ1n) is 7.96. The van der Waals surface area contributed by atoms with Gasteiger partial charge in [0.25, 0.3) is 0 Å². The van der Waals surface area contributed by atoms with E-state index in [4.69, 9.17) is 9.47 Å². The first-order chi connectivity index (χ1) is 12.1. The lowest BCUT2D eigenvalue weighted by Crippen LogP contribution is -2.14. The summed E-state index contributed by atoms with van der Waals surface area (Å²) in [5.41, 5.74) is 2.27. The molecule has 1 unspecified atom stereocenters. The summed E-state index contributed by atoms with van der Waals surface area (Å²) in [6.45, 7) is 2.70. The molecule has 25 heavy (non-hydrogen) atoms. The molecule has 0 saturated heterocycles. The summed E-state index contributed by atoms with van der Waals surface area (Å²) >= 11 is 0. The smallest absolute Gasteiger partial charge is 0.165 e. The Balaban J connectivity index is 1.95. The topological polar surface area (TPSA) is 49.2 Å². The lowest BCUT2D eigenvalue weighted by Gasteiger charge is -2.13. The van der Waals surface area contributed by atoms with E-state index in [2.05, 4.69) is 9.97 Å². The molecule has 0 saturated carbocycles. The Morgan fingerprint density at radius 3 is 2.64 bits per heavy atom. The number of hydrogen-bond acceptors (Lipinski definition) is 4. The van der Waals surface area contributed by atoms with Crippen molar-refractivity contribution in [3.8, 4) is 28.4 Å². The van der Waals surface area contributed by atoms with Gasteiger partial charge in [0, 0.05) is 36.8 Å². The number of ether oxygens (including phenoxy) is 2. The Morgan fingerprint density at radius 1 is 1.08 bits per heavy atom. The maximum Gasteiger partial charge on any atom is 0.165 e. The molecule has 2 aromatic heterocycles. The average molecular weight is 341 g/mol. The second-order valence-corrected chi connectivity index (χ2v) is 5.73. The number of methoxy groups -OCH3 is 2. The monoisotopic (exact) mass is 341 g/mol. The van der Waals surface area contributed by atoms with Gasteiger partial charge in [-0.15, -0.1) is 0 Å². The van der Waals surface area contributed by atoms with Crippen LogP contribution in [0.4, 0.5) is 4.39 Å². The van der Waals surface area contributed by atoms with Crippen molar-refractivity contribution in [3.05, 3.63) is 54.7 Å². The van der Waals surface area contributed by atoms with Gasteiger partial charge in [-0.05, 0) is 37.3 Å². The Morgan fingerprint density at radius 2 is 1.92 bits per heavy atom. The molecule has 0 radical (unpaired) electrons. The van der Waals surface area contributed by atoms with Crippen LogP contribution in [-0.4, -0.2) is 34.9 Å². The highest BCUT2D eigenvalue weighted by Crippen LogP contribution is 2.27. The minimum atomic E-state index is -0.414. The number of nitrogens with zero attached hydrogens (tertiary/aromatic N) is 3. The molecule has 0 aliphatic heterocycles. The average Bonchev–Trinajstić information content (AvgIpc) is 3.09. The van der Waals surface area contributed by atoms with Crippen LogP contribution in [-0.2, 0) is 11.3 Å². The number of hydrogen-bond donors (Lipinski definition) is 0. The second-order valence-electron chi connectivity index (χ2n) is 5.73. The van der Waals surface area contributed by atoms with Crippen LogP contribution in [0.5, 0.6) is 5.75 Å². The van der Waals surface area contributed by atoms with Crippen LogP contribution in [0.1, 0.15) is 6.92 Å². The van der Waals surface area contributed by atoms with E-state index in [1.165, 1.54) is 13.2 Å². The molecular weight excluding hydrogens is 321 g/mol. The van der Waals surface area contributed by atoms with Crippen LogP contribution in [0.15, 0.2) is 48.9 Å². The predicted octanol–water partition coefficient (Wildman–Crippen LogP) is 3.79. The van der Waals surface area contributed by atoms with Gasteiger partial charge < -0.3 is 14.0 Å². The molecule has 3 aromatic rings. The van der Waals surface area contributed by atoms with E-state index in [-0.39, 0.29) is 11.9 Å². The molecule has 0 amide bonds. The van der Waals surface area contributed by atoms with Crippen LogP contribution in [0.3, 0.4) is 0 Å². The van der Waals surface area contributed by atoms with E-state index in [9.17, 15) is 4.39 Å². The highest BCUT2D eigenvalue weighted by molar-refractivity contribution is 5.67. The van der Waals surface area contributed by atoms with Crippen molar-refractivity contribution in [3.63, 3.8) is 0 Å². The zero-order chi connectivity index (χ0) is 17.8. The molecule has 0 N–H and O–H groups in total. The molecule has 1 aromatic carbocycles. The third-order valence-electron chi connectivity index (χ3n) is 4.04. The van der Waals surface area contributed by atoms with E-state index >= 15 is 0 Å². The number of halogens is 1. The summed E-state index contributed by atoms with van der Waals surface area (Å²) in [5, 5.41) is 0. The molecular formula is C19H20FN3O2. The number of aromatic nitrogens is 3. The van der Waals surface area contributed by atoms with Crippen LogP contribution in [0, 0.1) is 5.82 Å². The van der Waals surface area contributed by atoms with E-state index in [0.29, 0.717) is 17.8 Å². The molecule has 1 atom stereocenters. The fourth-order valence-corrected chi connectivity index (χ4v) is 2.62. The van der Waals surface area contributed by atoms with Crippen molar-refractivity contribution in [1.82, 2.24) is 14.5 Å². The summed E-state index contributed by atoms with van der Waals surface area (Å²) in [5.74, 6) is 0.619. The molecule has 6 heteroatoms. The van der Waals surface area contributed by atoms with E-state index < -0.39 is 5.82 Å². The number of rotatable bonds is 6. The molecule has 0 bridgehead atoms. The van der Waals surface area contributed by atoms with Crippen LogP contribution in [0.25, 0.3) is 22.6 Å². The highest BCUT2D eigenvalue weighted by atomic mass is 19.1. The third kappa shape index (κ3) is 3.69. The third-order valence-corrected chi connectivity index (χ3v) is 4.04. The summed E-state index contributed by atoms with van der Waals surface area (Å²) in [6, 6.07) is 8.59. The summed E-state index contributed by atoms with van der Waals surface area (Å²) in [7, 11) is 3.13. The fraction of sp³-hybridized carbons (Fsp3) is 0.263. The lowest BCUT2D eigenvalue weighted by atomic mass is 10.1. The zero-order valence-corrected chi connectivity index (χ0v) is 14.4. The van der Waals surface area contributed by atoms with Crippen molar-refractivity contribution in [2.24, 2.45) is 0 Å². The fourth-order valence-electron chi connectivity index (χ4n) is 2.62. The van der Waals surface area contributed by atoms with Crippen molar-refractivity contribution in [2.75, 3.05) is 14.2 Å². The molecule has 0 spiro atoms. The number of pyridine rings is 1. The predicted molar refractivity (Wildman–Crippen MR) is 93.9 cm³/mol. The minimum Gasteiger partial charge on any atom is -0.494 e. The van der Waals surface area contributed by atoms with Gasteiger partial charge in [-0.25, -0.2) is 9.37 Å². The number of imidazole rings is 1. The zero-order valence-electron chi connectivity index (χ0n) is 14.4. The van der Waals surface area contributed by atoms with E-state index in [1.807, 2.05) is 29.8 Å². The van der Waals surface area contributed by atoms with Gasteiger partial charge in [0.05, 0.1) is 25.5 Å². The lowest BCUT2D eigenvalue weighted by molar-refractivity contribution is 0.103. The molecule has 0 aliphatic carbocycles. The molecule has 3 rings (SSSR count). The quantitative estimate of drug-likeness (QED) is 0.684. The van der Waals surface area contributed by atoms with Crippen molar-refractivity contribution in [2.45, 2.75) is 19.6 Å². The van der Waals surface area contributed by atoms with Crippen LogP contribution < -0.4 is 4.74 Å². The van der Waals surface area contributed by atoms with Gasteiger partial charge in [0.2, 0.25) is 0 Å². The molecule has 0 fully saturated rings. The van der Waals surface area contributed by atoms with Gasteiger partial charge in [-0.3, -0.25) is 4.98 Å². The summed E-state index contributed by atoms with van der Waals surface area (Å²) in [6.07, 6.45) is 5.44. The largest absolute Gasteiger partial charge is 0.494 e. The van der Waals surface area contributed by atoms with E-state index in [0.717, 1.165) is 11.4 Å². The van der Waals surface area contributed by atoms with Gasteiger partial charge in [0.15, 0.2) is 11.6 Å². The molecule has 0 aliphatic rings. The Labute approximate surface area is 146 Å². The van der Waals surface area contributed by atoms with Gasteiger partial charge in [-0.2, -0.15) is 0 Å². The Kier molecular flexibility index (Phi) is 5.09. The van der Waals surface area contributed by atoms with Crippen molar-refractivity contribution >= 4 is 0 Å². The first kappa shape index (κ1) is 17.1. The molecule has 5 nitrogen and oxygen atoms in total. The Bertz CT molecular complexity index is 863.